The lowest BCUT2D eigenvalue weighted by Crippen LogP contribution is -2.35. The van der Waals surface area contributed by atoms with Gasteiger partial charge in [-0.05, 0) is 48.3 Å². The van der Waals surface area contributed by atoms with Crippen molar-refractivity contribution in [1.82, 2.24) is 10.6 Å². The van der Waals surface area contributed by atoms with Gasteiger partial charge in [-0.3, -0.25) is 0 Å². The van der Waals surface area contributed by atoms with Crippen molar-refractivity contribution in [2.45, 2.75) is 19.9 Å². The summed E-state index contributed by atoms with van der Waals surface area (Å²) in [6.45, 7) is 3.50. The molecule has 0 bridgehead atoms. The number of rotatable bonds is 5. The van der Waals surface area contributed by atoms with Gasteiger partial charge in [0, 0.05) is 18.1 Å². The Balaban J connectivity index is 1.71. The molecule has 0 aromatic heterocycles. The maximum atomic E-state index is 6.10. The molecule has 0 atom stereocenters. The van der Waals surface area contributed by atoms with E-state index in [2.05, 4.69) is 28.8 Å². The summed E-state index contributed by atoms with van der Waals surface area (Å²) >= 11 is 11.4. The third kappa shape index (κ3) is 5.37. The largest absolute Gasteiger partial charge is 0.362 e. The van der Waals surface area contributed by atoms with Gasteiger partial charge >= 0.3 is 0 Å². The van der Waals surface area contributed by atoms with Gasteiger partial charge in [0.2, 0.25) is 0 Å². The van der Waals surface area contributed by atoms with Gasteiger partial charge in [0.05, 0.1) is 0 Å². The second kappa shape index (κ2) is 8.01. The minimum absolute atomic E-state index is 0.669. The SMILES string of the molecule is Cc1ccc(CNC(=S)NCCc2ccccc2)cc1Cl. The van der Waals surface area contributed by atoms with Crippen LogP contribution in [0.4, 0.5) is 0 Å². The van der Waals surface area contributed by atoms with E-state index in [0.717, 1.165) is 29.1 Å². The van der Waals surface area contributed by atoms with E-state index in [1.165, 1.54) is 5.56 Å². The van der Waals surface area contributed by atoms with E-state index in [0.29, 0.717) is 11.7 Å². The summed E-state index contributed by atoms with van der Waals surface area (Å²) < 4.78 is 0. The Morgan fingerprint density at radius 3 is 2.52 bits per heavy atom. The number of hydrogen-bond donors (Lipinski definition) is 2. The van der Waals surface area contributed by atoms with Crippen LogP contribution in [-0.2, 0) is 13.0 Å². The fraction of sp³-hybridized carbons (Fsp3) is 0.235. The van der Waals surface area contributed by atoms with Crippen LogP contribution >= 0.6 is 23.8 Å². The molecule has 0 spiro atoms. The van der Waals surface area contributed by atoms with Crippen molar-refractivity contribution in [1.29, 1.82) is 0 Å². The molecule has 2 nitrogen and oxygen atoms in total. The first-order valence-electron chi connectivity index (χ1n) is 6.96. The van der Waals surface area contributed by atoms with Crippen LogP contribution in [0, 0.1) is 6.92 Å². The second-order valence-corrected chi connectivity index (χ2v) is 5.74. The molecule has 0 aliphatic heterocycles. The molecule has 0 amide bonds. The summed E-state index contributed by atoms with van der Waals surface area (Å²) in [7, 11) is 0. The van der Waals surface area contributed by atoms with Crippen LogP contribution in [0.1, 0.15) is 16.7 Å². The predicted molar refractivity (Wildman–Crippen MR) is 93.8 cm³/mol. The van der Waals surface area contributed by atoms with Crippen LogP contribution in [0.5, 0.6) is 0 Å². The Kier molecular flexibility index (Phi) is 6.03. The molecule has 0 aliphatic rings. The Morgan fingerprint density at radius 2 is 1.81 bits per heavy atom. The summed E-state index contributed by atoms with van der Waals surface area (Å²) in [6.07, 6.45) is 0.957. The van der Waals surface area contributed by atoms with Gasteiger partial charge in [-0.25, -0.2) is 0 Å². The van der Waals surface area contributed by atoms with Crippen molar-refractivity contribution in [3.63, 3.8) is 0 Å². The molecule has 0 aliphatic carbocycles. The fourth-order valence-corrected chi connectivity index (χ4v) is 2.33. The summed E-state index contributed by atoms with van der Waals surface area (Å²) in [6, 6.07) is 16.4. The fourth-order valence-electron chi connectivity index (χ4n) is 1.96. The molecule has 2 rings (SSSR count). The molecule has 0 fully saturated rings. The lowest BCUT2D eigenvalue weighted by atomic mass is 10.1. The average molecular weight is 319 g/mol. The van der Waals surface area contributed by atoms with Gasteiger partial charge < -0.3 is 10.6 Å². The highest BCUT2D eigenvalue weighted by Crippen LogP contribution is 2.16. The highest BCUT2D eigenvalue weighted by atomic mass is 35.5. The van der Waals surface area contributed by atoms with E-state index < -0.39 is 0 Å². The van der Waals surface area contributed by atoms with Crippen LogP contribution in [0.15, 0.2) is 48.5 Å². The minimum Gasteiger partial charge on any atom is -0.362 e. The second-order valence-electron chi connectivity index (χ2n) is 4.93. The zero-order chi connectivity index (χ0) is 15.1. The molecule has 0 unspecified atom stereocenters. The summed E-state index contributed by atoms with van der Waals surface area (Å²) in [5, 5.41) is 7.87. The first-order chi connectivity index (χ1) is 10.1. The lowest BCUT2D eigenvalue weighted by molar-refractivity contribution is 0.814. The first-order valence-corrected chi connectivity index (χ1v) is 7.74. The number of thiocarbonyl (C=S) groups is 1. The van der Waals surface area contributed by atoms with Crippen LogP contribution in [0.3, 0.4) is 0 Å². The third-order valence-corrected chi connectivity index (χ3v) is 3.93. The molecular weight excluding hydrogens is 300 g/mol. The summed E-state index contributed by atoms with van der Waals surface area (Å²) in [5.74, 6) is 0. The predicted octanol–water partition coefficient (Wildman–Crippen LogP) is 3.86. The molecule has 2 aromatic carbocycles. The van der Waals surface area contributed by atoms with E-state index in [4.69, 9.17) is 23.8 Å². The van der Waals surface area contributed by atoms with Crippen LogP contribution in [-0.4, -0.2) is 11.7 Å². The zero-order valence-electron chi connectivity index (χ0n) is 12.0. The maximum absolute atomic E-state index is 6.10. The molecule has 110 valence electrons. The van der Waals surface area contributed by atoms with Gasteiger partial charge in [-0.2, -0.15) is 0 Å². The van der Waals surface area contributed by atoms with Crippen molar-refractivity contribution >= 4 is 28.9 Å². The van der Waals surface area contributed by atoms with Crippen molar-refractivity contribution < 1.29 is 0 Å². The Hall–Kier alpha value is -1.58. The van der Waals surface area contributed by atoms with E-state index >= 15 is 0 Å². The Labute approximate surface area is 136 Å². The van der Waals surface area contributed by atoms with Crippen molar-refractivity contribution in [3.8, 4) is 0 Å². The van der Waals surface area contributed by atoms with E-state index in [1.54, 1.807) is 0 Å². The van der Waals surface area contributed by atoms with Crippen molar-refractivity contribution in [2.24, 2.45) is 0 Å². The number of nitrogens with one attached hydrogen (secondary N) is 2. The maximum Gasteiger partial charge on any atom is 0.166 e. The van der Waals surface area contributed by atoms with E-state index in [1.807, 2.05) is 37.3 Å². The molecule has 0 saturated heterocycles. The molecule has 4 heteroatoms. The molecule has 2 aromatic rings. The van der Waals surface area contributed by atoms with Crippen LogP contribution in [0.25, 0.3) is 0 Å². The Morgan fingerprint density at radius 1 is 1.05 bits per heavy atom. The highest BCUT2D eigenvalue weighted by molar-refractivity contribution is 7.80. The normalized spacial score (nSPS) is 10.2. The number of aryl methyl sites for hydroxylation is 1. The van der Waals surface area contributed by atoms with Crippen LogP contribution in [0.2, 0.25) is 5.02 Å². The first kappa shape index (κ1) is 15.8. The molecule has 2 N–H and O–H groups in total. The van der Waals surface area contributed by atoms with E-state index in [-0.39, 0.29) is 0 Å². The smallest absolute Gasteiger partial charge is 0.166 e. The molecule has 0 radical (unpaired) electrons. The molecule has 0 heterocycles. The zero-order valence-corrected chi connectivity index (χ0v) is 13.6. The third-order valence-electron chi connectivity index (χ3n) is 3.23. The molecule has 0 saturated carbocycles. The van der Waals surface area contributed by atoms with Crippen LogP contribution < -0.4 is 10.6 Å². The average Bonchev–Trinajstić information content (AvgIpc) is 2.49. The van der Waals surface area contributed by atoms with Gasteiger partial charge in [-0.15, -0.1) is 0 Å². The quantitative estimate of drug-likeness (QED) is 0.819. The van der Waals surface area contributed by atoms with Gasteiger partial charge in [0.15, 0.2) is 5.11 Å². The van der Waals surface area contributed by atoms with Gasteiger partial charge in [0.1, 0.15) is 0 Å². The lowest BCUT2D eigenvalue weighted by Gasteiger charge is -2.11. The molecular formula is C17H19ClN2S. The number of hydrogen-bond acceptors (Lipinski definition) is 1. The van der Waals surface area contributed by atoms with E-state index in [9.17, 15) is 0 Å². The van der Waals surface area contributed by atoms with Crippen molar-refractivity contribution in [2.75, 3.05) is 6.54 Å². The van der Waals surface area contributed by atoms with Gasteiger partial charge in [-0.1, -0.05) is 54.1 Å². The topological polar surface area (TPSA) is 24.1 Å². The number of halogens is 1. The minimum atomic E-state index is 0.669. The number of benzene rings is 2. The standard InChI is InChI=1S/C17H19ClN2S/c1-13-7-8-15(11-16(13)18)12-20-17(21)19-10-9-14-5-3-2-4-6-14/h2-8,11H,9-10,12H2,1H3,(H2,19,20,21). The summed E-state index contributed by atoms with van der Waals surface area (Å²) in [4.78, 5) is 0. The monoisotopic (exact) mass is 318 g/mol. The van der Waals surface area contributed by atoms with Crippen molar-refractivity contribution in [3.05, 3.63) is 70.2 Å². The highest BCUT2D eigenvalue weighted by Gasteiger charge is 2.00. The van der Waals surface area contributed by atoms with Gasteiger partial charge in [0.25, 0.3) is 0 Å². The Bertz CT molecular complexity index is 599. The summed E-state index contributed by atoms with van der Waals surface area (Å²) in [5.41, 5.74) is 3.51. The molecule has 21 heavy (non-hydrogen) atoms.